The molecule has 0 bridgehead atoms. The summed E-state index contributed by atoms with van der Waals surface area (Å²) in [6, 6.07) is 16.0. The van der Waals surface area contributed by atoms with E-state index in [2.05, 4.69) is 35.6 Å². The summed E-state index contributed by atoms with van der Waals surface area (Å²) in [6.45, 7) is 0.716. The molecule has 116 valence electrons. The van der Waals surface area contributed by atoms with E-state index in [0.29, 0.717) is 6.67 Å². The lowest BCUT2D eigenvalue weighted by molar-refractivity contribution is 0.608. The van der Waals surface area contributed by atoms with E-state index in [-0.39, 0.29) is 0 Å². The smallest absolute Gasteiger partial charge is 0.194 e. The summed E-state index contributed by atoms with van der Waals surface area (Å²) in [5, 5.41) is 10.4. The van der Waals surface area contributed by atoms with Crippen molar-refractivity contribution < 1.29 is 0 Å². The number of aromatic nitrogens is 3. The Balaban J connectivity index is 1.70. The van der Waals surface area contributed by atoms with Crippen LogP contribution in [0, 0.1) is 0 Å². The van der Waals surface area contributed by atoms with Crippen molar-refractivity contribution in [2.45, 2.75) is 11.8 Å². The van der Waals surface area contributed by atoms with Crippen LogP contribution in [0.4, 0.5) is 5.69 Å². The summed E-state index contributed by atoms with van der Waals surface area (Å²) in [4.78, 5) is 2.28. The second kappa shape index (κ2) is 6.19. The number of benzene rings is 2. The average molecular weight is 408 g/mol. The molecule has 1 aromatic heterocycles. The van der Waals surface area contributed by atoms with Gasteiger partial charge in [0.25, 0.3) is 0 Å². The van der Waals surface area contributed by atoms with Crippen molar-refractivity contribution in [3.05, 3.63) is 58.0 Å². The summed E-state index contributed by atoms with van der Waals surface area (Å²) in [5.41, 5.74) is 2.18. The number of halogens is 2. The molecule has 0 atom stereocenters. The number of hydrogen-bond donors (Lipinski definition) is 0. The third-order valence-electron chi connectivity index (χ3n) is 3.68. The lowest BCUT2D eigenvalue weighted by atomic mass is 10.2. The van der Waals surface area contributed by atoms with E-state index in [9.17, 15) is 0 Å². The predicted molar refractivity (Wildman–Crippen MR) is 97.8 cm³/mol. The molecule has 2 aromatic carbocycles. The van der Waals surface area contributed by atoms with E-state index in [1.54, 1.807) is 11.8 Å². The number of fused-ring (bicyclic) bond motifs is 1. The van der Waals surface area contributed by atoms with Crippen LogP contribution >= 0.6 is 39.3 Å². The molecule has 0 fully saturated rings. The highest BCUT2D eigenvalue weighted by Gasteiger charge is 2.23. The fraction of sp³-hybridized carbons (Fsp3) is 0.125. The molecule has 23 heavy (non-hydrogen) atoms. The standard InChI is InChI=1S/C16H12BrClN4S/c17-14-4-2-1-3-13(14)15-19-20-16-22(15)9-21(10-23-16)12-7-5-11(18)6-8-12/h1-8H,9-10H2. The molecule has 4 rings (SSSR count). The first-order valence-corrected chi connectivity index (χ1v) is 9.19. The first-order chi connectivity index (χ1) is 11.2. The highest BCUT2D eigenvalue weighted by atomic mass is 79.9. The van der Waals surface area contributed by atoms with Gasteiger partial charge in [0.1, 0.15) is 0 Å². The van der Waals surface area contributed by atoms with Crippen LogP contribution in [0.15, 0.2) is 58.2 Å². The molecule has 0 unspecified atom stereocenters. The summed E-state index contributed by atoms with van der Waals surface area (Å²) < 4.78 is 3.16. The maximum absolute atomic E-state index is 5.98. The molecule has 0 saturated heterocycles. The zero-order valence-electron chi connectivity index (χ0n) is 12.0. The Labute approximate surface area is 151 Å². The van der Waals surface area contributed by atoms with Gasteiger partial charge in [-0.1, -0.05) is 57.5 Å². The zero-order valence-corrected chi connectivity index (χ0v) is 15.1. The lowest BCUT2D eigenvalue weighted by Gasteiger charge is -2.29. The van der Waals surface area contributed by atoms with Crippen LogP contribution in [0.2, 0.25) is 5.02 Å². The minimum Gasteiger partial charge on any atom is -0.344 e. The van der Waals surface area contributed by atoms with Crippen LogP contribution in [0.1, 0.15) is 0 Å². The first kappa shape index (κ1) is 15.1. The van der Waals surface area contributed by atoms with Crippen LogP contribution < -0.4 is 4.90 Å². The van der Waals surface area contributed by atoms with Crippen LogP contribution in [-0.2, 0) is 6.67 Å². The van der Waals surface area contributed by atoms with Crippen molar-refractivity contribution in [2.24, 2.45) is 0 Å². The van der Waals surface area contributed by atoms with Crippen molar-refractivity contribution in [3.8, 4) is 11.4 Å². The minimum atomic E-state index is 0.716. The second-order valence-electron chi connectivity index (χ2n) is 5.15. The quantitative estimate of drug-likeness (QED) is 0.606. The fourth-order valence-corrected chi connectivity index (χ4v) is 4.01. The molecule has 0 amide bonds. The van der Waals surface area contributed by atoms with E-state index in [1.807, 2.05) is 48.5 Å². The Bertz CT molecular complexity index is 850. The highest BCUT2D eigenvalue weighted by molar-refractivity contribution is 9.10. The molecule has 0 saturated carbocycles. The summed E-state index contributed by atoms with van der Waals surface area (Å²) in [7, 11) is 0. The molecule has 1 aliphatic rings. The summed E-state index contributed by atoms with van der Waals surface area (Å²) in [5.74, 6) is 1.72. The molecule has 4 nitrogen and oxygen atoms in total. The normalized spacial score (nSPS) is 13.9. The number of hydrogen-bond acceptors (Lipinski definition) is 4. The van der Waals surface area contributed by atoms with Gasteiger partial charge in [-0.05, 0) is 30.3 Å². The van der Waals surface area contributed by atoms with Crippen molar-refractivity contribution in [1.29, 1.82) is 0 Å². The lowest BCUT2D eigenvalue weighted by Crippen LogP contribution is -2.30. The largest absolute Gasteiger partial charge is 0.344 e. The molecular weight excluding hydrogens is 396 g/mol. The Morgan fingerprint density at radius 3 is 2.61 bits per heavy atom. The van der Waals surface area contributed by atoms with Gasteiger partial charge in [-0.3, -0.25) is 4.57 Å². The summed E-state index contributed by atoms with van der Waals surface area (Å²) >= 11 is 11.3. The number of nitrogens with zero attached hydrogens (tertiary/aromatic N) is 4. The molecule has 7 heteroatoms. The van der Waals surface area contributed by atoms with E-state index >= 15 is 0 Å². The van der Waals surface area contributed by atoms with E-state index in [1.165, 1.54) is 0 Å². The Kier molecular flexibility index (Phi) is 4.05. The fourth-order valence-electron chi connectivity index (χ4n) is 2.52. The average Bonchev–Trinajstić information content (AvgIpc) is 2.99. The summed E-state index contributed by atoms with van der Waals surface area (Å²) in [6.07, 6.45) is 0. The molecule has 1 aliphatic heterocycles. The topological polar surface area (TPSA) is 34.0 Å². The van der Waals surface area contributed by atoms with Gasteiger partial charge in [0.15, 0.2) is 11.0 Å². The van der Waals surface area contributed by atoms with Crippen LogP contribution in [0.25, 0.3) is 11.4 Å². The Hall–Kier alpha value is -1.50. The van der Waals surface area contributed by atoms with Crippen molar-refractivity contribution in [1.82, 2.24) is 14.8 Å². The van der Waals surface area contributed by atoms with Gasteiger partial charge in [-0.15, -0.1) is 10.2 Å². The highest BCUT2D eigenvalue weighted by Crippen LogP contribution is 2.34. The molecule has 0 aliphatic carbocycles. The number of thioether (sulfide) groups is 1. The SMILES string of the molecule is Clc1ccc(N2CSc3nnc(-c4ccccc4Br)n3C2)cc1. The third kappa shape index (κ3) is 2.86. The molecule has 3 aromatic rings. The monoisotopic (exact) mass is 406 g/mol. The maximum atomic E-state index is 5.98. The van der Waals surface area contributed by atoms with E-state index in [4.69, 9.17) is 11.6 Å². The van der Waals surface area contributed by atoms with Crippen molar-refractivity contribution in [3.63, 3.8) is 0 Å². The number of rotatable bonds is 2. The molecule has 0 spiro atoms. The molecule has 0 N–H and O–H groups in total. The van der Waals surface area contributed by atoms with Gasteiger partial charge >= 0.3 is 0 Å². The van der Waals surface area contributed by atoms with Crippen LogP contribution in [-0.4, -0.2) is 20.6 Å². The van der Waals surface area contributed by atoms with Crippen molar-refractivity contribution in [2.75, 3.05) is 10.8 Å². The molecular formula is C16H12BrClN4S. The van der Waals surface area contributed by atoms with Crippen LogP contribution in [0.3, 0.4) is 0 Å². The predicted octanol–water partition coefficient (Wildman–Crippen LogP) is 4.89. The third-order valence-corrected chi connectivity index (χ3v) is 5.63. The second-order valence-corrected chi connectivity index (χ2v) is 7.35. The Morgan fingerprint density at radius 2 is 1.83 bits per heavy atom. The van der Waals surface area contributed by atoms with Gasteiger partial charge in [-0.25, -0.2) is 0 Å². The first-order valence-electron chi connectivity index (χ1n) is 7.04. The van der Waals surface area contributed by atoms with Gasteiger partial charge in [0, 0.05) is 20.7 Å². The van der Waals surface area contributed by atoms with Crippen LogP contribution in [0.5, 0.6) is 0 Å². The zero-order chi connectivity index (χ0) is 15.8. The Morgan fingerprint density at radius 1 is 1.04 bits per heavy atom. The molecule has 2 heterocycles. The minimum absolute atomic E-state index is 0.716. The van der Waals surface area contributed by atoms with Gasteiger partial charge in [-0.2, -0.15) is 0 Å². The van der Waals surface area contributed by atoms with Gasteiger partial charge in [0.2, 0.25) is 0 Å². The van der Waals surface area contributed by atoms with E-state index in [0.717, 1.165) is 37.6 Å². The van der Waals surface area contributed by atoms with Gasteiger partial charge in [0.05, 0.1) is 12.5 Å². The van der Waals surface area contributed by atoms with Gasteiger partial charge < -0.3 is 4.90 Å². The van der Waals surface area contributed by atoms with Crippen molar-refractivity contribution >= 4 is 45.0 Å². The number of anilines is 1. The molecule has 0 radical (unpaired) electrons. The van der Waals surface area contributed by atoms with E-state index < -0.39 is 0 Å². The maximum Gasteiger partial charge on any atom is 0.194 e.